The van der Waals surface area contributed by atoms with Crippen LogP contribution in [0.15, 0.2) is 18.2 Å². The van der Waals surface area contributed by atoms with Gasteiger partial charge in [-0.2, -0.15) is 0 Å². The number of fused-ring (bicyclic) bond motifs is 1. The van der Waals surface area contributed by atoms with Crippen molar-refractivity contribution in [1.82, 2.24) is 15.3 Å². The number of anilines is 1. The molecule has 0 aliphatic carbocycles. The van der Waals surface area contributed by atoms with Crippen LogP contribution in [0.5, 0.6) is 0 Å². The molecule has 2 heterocycles. The highest BCUT2D eigenvalue weighted by atomic mass is 15.2. The lowest BCUT2D eigenvalue weighted by molar-refractivity contribution is 0.590. The summed E-state index contributed by atoms with van der Waals surface area (Å²) in [6.45, 7) is 8.20. The van der Waals surface area contributed by atoms with Crippen molar-refractivity contribution in [2.24, 2.45) is 0 Å². The third kappa shape index (κ3) is 1.93. The minimum atomic E-state index is 0.845. The molecular formula is C14H18N4. The predicted octanol–water partition coefficient (Wildman–Crippen LogP) is 1.66. The zero-order valence-corrected chi connectivity index (χ0v) is 10.9. The van der Waals surface area contributed by atoms with Crippen LogP contribution in [0.25, 0.3) is 10.9 Å². The van der Waals surface area contributed by atoms with E-state index >= 15 is 0 Å². The largest absolute Gasteiger partial charge is 0.368 e. The van der Waals surface area contributed by atoms with E-state index in [1.165, 1.54) is 11.1 Å². The summed E-state index contributed by atoms with van der Waals surface area (Å²) in [6.07, 6.45) is 0. The van der Waals surface area contributed by atoms with Crippen LogP contribution in [0.4, 0.5) is 5.69 Å². The Labute approximate surface area is 107 Å². The molecule has 1 aliphatic rings. The van der Waals surface area contributed by atoms with Crippen molar-refractivity contribution in [2.45, 2.75) is 13.8 Å². The van der Waals surface area contributed by atoms with Crippen molar-refractivity contribution in [3.63, 3.8) is 0 Å². The second-order valence-electron chi connectivity index (χ2n) is 4.76. The summed E-state index contributed by atoms with van der Waals surface area (Å²) < 4.78 is 0. The SMILES string of the molecule is Cc1nc(C)c2c(N3CCNCC3)cccc2n1. The molecule has 0 bridgehead atoms. The first-order chi connectivity index (χ1) is 8.75. The summed E-state index contributed by atoms with van der Waals surface area (Å²) in [6, 6.07) is 6.34. The number of hydrogen-bond donors (Lipinski definition) is 1. The Bertz CT molecular complexity index is 573. The Balaban J connectivity index is 2.16. The van der Waals surface area contributed by atoms with Gasteiger partial charge in [-0.25, -0.2) is 9.97 Å². The molecule has 1 fully saturated rings. The molecule has 0 saturated carbocycles. The van der Waals surface area contributed by atoms with Crippen molar-refractivity contribution < 1.29 is 0 Å². The van der Waals surface area contributed by atoms with Crippen LogP contribution in [0.3, 0.4) is 0 Å². The van der Waals surface area contributed by atoms with E-state index in [1.54, 1.807) is 0 Å². The molecule has 1 aromatic carbocycles. The third-order valence-electron chi connectivity index (χ3n) is 3.45. The second kappa shape index (κ2) is 4.53. The van der Waals surface area contributed by atoms with Crippen molar-refractivity contribution in [3.8, 4) is 0 Å². The first-order valence-electron chi connectivity index (χ1n) is 6.45. The molecule has 1 saturated heterocycles. The number of aryl methyl sites for hydroxylation is 2. The van der Waals surface area contributed by atoms with E-state index in [0.717, 1.165) is 43.2 Å². The lowest BCUT2D eigenvalue weighted by Crippen LogP contribution is -2.43. The van der Waals surface area contributed by atoms with E-state index in [0.29, 0.717) is 0 Å². The van der Waals surface area contributed by atoms with Gasteiger partial charge in [0.05, 0.1) is 11.2 Å². The summed E-state index contributed by atoms with van der Waals surface area (Å²) in [4.78, 5) is 11.5. The van der Waals surface area contributed by atoms with E-state index < -0.39 is 0 Å². The number of aromatic nitrogens is 2. The maximum Gasteiger partial charge on any atom is 0.126 e. The predicted molar refractivity (Wildman–Crippen MR) is 74.1 cm³/mol. The molecule has 2 aromatic rings. The highest BCUT2D eigenvalue weighted by molar-refractivity contribution is 5.93. The number of piperazine rings is 1. The molecule has 1 aromatic heterocycles. The first kappa shape index (κ1) is 11.4. The van der Waals surface area contributed by atoms with Crippen LogP contribution in [-0.2, 0) is 0 Å². The molecule has 18 heavy (non-hydrogen) atoms. The Morgan fingerprint density at radius 3 is 2.67 bits per heavy atom. The number of nitrogens with zero attached hydrogens (tertiary/aromatic N) is 3. The summed E-state index contributed by atoms with van der Waals surface area (Å²) in [5.41, 5.74) is 3.40. The number of rotatable bonds is 1. The quantitative estimate of drug-likeness (QED) is 0.825. The molecule has 0 spiro atoms. The van der Waals surface area contributed by atoms with Crippen LogP contribution in [0.1, 0.15) is 11.5 Å². The average Bonchev–Trinajstić information content (AvgIpc) is 2.38. The molecule has 0 atom stereocenters. The Morgan fingerprint density at radius 1 is 1.11 bits per heavy atom. The van der Waals surface area contributed by atoms with Gasteiger partial charge in [0.2, 0.25) is 0 Å². The molecule has 3 rings (SSSR count). The lowest BCUT2D eigenvalue weighted by Gasteiger charge is -2.30. The van der Waals surface area contributed by atoms with Gasteiger partial charge in [-0.1, -0.05) is 6.07 Å². The maximum atomic E-state index is 4.54. The van der Waals surface area contributed by atoms with Crippen molar-refractivity contribution >= 4 is 16.6 Å². The van der Waals surface area contributed by atoms with Gasteiger partial charge >= 0.3 is 0 Å². The van der Waals surface area contributed by atoms with E-state index in [9.17, 15) is 0 Å². The minimum absolute atomic E-state index is 0.845. The molecule has 1 N–H and O–H groups in total. The van der Waals surface area contributed by atoms with E-state index in [-0.39, 0.29) is 0 Å². The standard InChI is InChI=1S/C14H18N4/c1-10-14-12(17-11(2)16-10)4-3-5-13(14)18-8-6-15-7-9-18/h3-5,15H,6-9H2,1-2H3. The van der Waals surface area contributed by atoms with Crippen molar-refractivity contribution in [2.75, 3.05) is 31.1 Å². The highest BCUT2D eigenvalue weighted by Gasteiger charge is 2.15. The molecule has 4 heteroatoms. The zero-order chi connectivity index (χ0) is 12.5. The van der Waals surface area contributed by atoms with Crippen LogP contribution in [0, 0.1) is 13.8 Å². The van der Waals surface area contributed by atoms with Gasteiger partial charge in [0.15, 0.2) is 0 Å². The number of benzene rings is 1. The van der Waals surface area contributed by atoms with Gasteiger partial charge in [0.1, 0.15) is 5.82 Å². The van der Waals surface area contributed by atoms with Crippen LogP contribution < -0.4 is 10.2 Å². The normalized spacial score (nSPS) is 16.2. The van der Waals surface area contributed by atoms with Gasteiger partial charge < -0.3 is 10.2 Å². The van der Waals surface area contributed by atoms with Gasteiger partial charge in [-0.15, -0.1) is 0 Å². The summed E-state index contributed by atoms with van der Waals surface area (Å²) in [7, 11) is 0. The average molecular weight is 242 g/mol. The molecule has 0 amide bonds. The van der Waals surface area contributed by atoms with Crippen molar-refractivity contribution in [3.05, 3.63) is 29.7 Å². The number of hydrogen-bond acceptors (Lipinski definition) is 4. The third-order valence-corrected chi connectivity index (χ3v) is 3.45. The topological polar surface area (TPSA) is 41.1 Å². The number of nitrogens with one attached hydrogen (secondary N) is 1. The second-order valence-corrected chi connectivity index (χ2v) is 4.76. The Kier molecular flexibility index (Phi) is 2.88. The Morgan fingerprint density at radius 2 is 1.89 bits per heavy atom. The fourth-order valence-corrected chi connectivity index (χ4v) is 2.66. The monoisotopic (exact) mass is 242 g/mol. The molecule has 4 nitrogen and oxygen atoms in total. The lowest BCUT2D eigenvalue weighted by atomic mass is 10.1. The summed E-state index contributed by atoms with van der Waals surface area (Å²) in [5, 5.41) is 4.58. The fourth-order valence-electron chi connectivity index (χ4n) is 2.66. The molecule has 0 unspecified atom stereocenters. The summed E-state index contributed by atoms with van der Waals surface area (Å²) in [5.74, 6) is 0.845. The molecular weight excluding hydrogens is 224 g/mol. The minimum Gasteiger partial charge on any atom is -0.368 e. The molecule has 94 valence electrons. The van der Waals surface area contributed by atoms with Crippen LogP contribution >= 0.6 is 0 Å². The van der Waals surface area contributed by atoms with Gasteiger partial charge in [-0.3, -0.25) is 0 Å². The van der Waals surface area contributed by atoms with E-state index in [4.69, 9.17) is 0 Å². The van der Waals surface area contributed by atoms with Gasteiger partial charge in [0.25, 0.3) is 0 Å². The maximum absolute atomic E-state index is 4.54. The van der Waals surface area contributed by atoms with E-state index in [1.807, 2.05) is 6.92 Å². The van der Waals surface area contributed by atoms with E-state index in [2.05, 4.69) is 45.3 Å². The fraction of sp³-hybridized carbons (Fsp3) is 0.429. The smallest absolute Gasteiger partial charge is 0.126 e. The molecule has 0 radical (unpaired) electrons. The highest BCUT2D eigenvalue weighted by Crippen LogP contribution is 2.28. The van der Waals surface area contributed by atoms with Crippen molar-refractivity contribution in [1.29, 1.82) is 0 Å². The van der Waals surface area contributed by atoms with Gasteiger partial charge in [-0.05, 0) is 26.0 Å². The Hall–Kier alpha value is -1.68. The molecule has 1 aliphatic heterocycles. The first-order valence-corrected chi connectivity index (χ1v) is 6.45. The van der Waals surface area contributed by atoms with Gasteiger partial charge in [0, 0.05) is 37.3 Å². The van der Waals surface area contributed by atoms with Crippen LogP contribution in [-0.4, -0.2) is 36.1 Å². The zero-order valence-electron chi connectivity index (χ0n) is 10.9. The summed E-state index contributed by atoms with van der Waals surface area (Å²) >= 11 is 0. The van der Waals surface area contributed by atoms with Crippen LogP contribution in [0.2, 0.25) is 0 Å².